The highest BCUT2D eigenvalue weighted by Crippen LogP contribution is 2.44. The van der Waals surface area contributed by atoms with E-state index < -0.39 is 17.0 Å². The number of hydrogen-bond donors (Lipinski definition) is 0. The summed E-state index contributed by atoms with van der Waals surface area (Å²) in [7, 11) is 0. The zero-order valence-electron chi connectivity index (χ0n) is 7.56. The maximum atomic E-state index is 13.4. The highest BCUT2D eigenvalue weighted by Gasteiger charge is 2.41. The molecule has 0 spiro atoms. The van der Waals surface area contributed by atoms with Crippen LogP contribution in [0.3, 0.4) is 0 Å². The van der Waals surface area contributed by atoms with E-state index in [1.807, 2.05) is 0 Å². The number of hydrogen-bond acceptors (Lipinski definition) is 1. The van der Waals surface area contributed by atoms with Crippen LogP contribution in [0.4, 0.5) is 8.78 Å². The van der Waals surface area contributed by atoms with Gasteiger partial charge in [-0.05, 0) is 37.5 Å². The molecule has 0 aliphatic heterocycles. The van der Waals surface area contributed by atoms with Gasteiger partial charge in [0, 0.05) is 5.56 Å². The first-order valence-electron chi connectivity index (χ1n) is 4.55. The second-order valence-corrected chi connectivity index (χ2v) is 3.67. The van der Waals surface area contributed by atoms with Gasteiger partial charge in [0.15, 0.2) is 0 Å². The predicted octanol–water partition coefficient (Wildman–Crippen LogP) is 2.91. The minimum atomic E-state index is -0.772. The van der Waals surface area contributed by atoms with Crippen LogP contribution >= 0.6 is 0 Å². The lowest BCUT2D eigenvalue weighted by Crippen LogP contribution is -2.33. The Morgan fingerprint density at radius 3 is 2.50 bits per heavy atom. The lowest BCUT2D eigenvalue weighted by molar-refractivity contribution is 0.312. The van der Waals surface area contributed by atoms with Crippen LogP contribution in [0, 0.1) is 23.0 Å². The molecule has 0 atom stereocenters. The van der Waals surface area contributed by atoms with Crippen molar-refractivity contribution in [3.63, 3.8) is 0 Å². The quantitative estimate of drug-likeness (QED) is 0.672. The third-order valence-electron chi connectivity index (χ3n) is 2.87. The molecule has 0 heterocycles. The summed E-state index contributed by atoms with van der Waals surface area (Å²) in [6.07, 6.45) is 2.16. The maximum Gasteiger partial charge on any atom is 0.128 e. The number of nitriles is 1. The van der Waals surface area contributed by atoms with Crippen molar-refractivity contribution in [3.8, 4) is 6.07 Å². The largest absolute Gasteiger partial charge is 0.207 e. The Bertz CT molecular complexity index is 402. The Morgan fingerprint density at radius 2 is 2.00 bits per heavy atom. The Hall–Kier alpha value is -1.43. The summed E-state index contributed by atoms with van der Waals surface area (Å²) in [5.74, 6) is -0.962. The summed E-state index contributed by atoms with van der Waals surface area (Å²) in [5.41, 5.74) is -0.558. The van der Waals surface area contributed by atoms with Gasteiger partial charge in [-0.25, -0.2) is 8.78 Å². The van der Waals surface area contributed by atoms with Crippen molar-refractivity contribution < 1.29 is 8.78 Å². The molecule has 1 fully saturated rings. The van der Waals surface area contributed by atoms with Gasteiger partial charge >= 0.3 is 0 Å². The fourth-order valence-electron chi connectivity index (χ4n) is 1.84. The van der Waals surface area contributed by atoms with Gasteiger partial charge < -0.3 is 0 Å². The minimum Gasteiger partial charge on any atom is -0.207 e. The van der Waals surface area contributed by atoms with E-state index in [4.69, 9.17) is 5.26 Å². The first-order valence-corrected chi connectivity index (χ1v) is 4.55. The highest BCUT2D eigenvalue weighted by molar-refractivity contribution is 5.36. The van der Waals surface area contributed by atoms with Gasteiger partial charge in [0.2, 0.25) is 0 Å². The Kier molecular flexibility index (Phi) is 1.99. The predicted molar refractivity (Wildman–Crippen MR) is 47.5 cm³/mol. The zero-order chi connectivity index (χ0) is 10.2. The van der Waals surface area contributed by atoms with Gasteiger partial charge in [-0.15, -0.1) is 0 Å². The van der Waals surface area contributed by atoms with Crippen LogP contribution in [0.15, 0.2) is 18.2 Å². The molecule has 0 saturated heterocycles. The van der Waals surface area contributed by atoms with E-state index >= 15 is 0 Å². The lowest BCUT2D eigenvalue weighted by Gasteiger charge is -2.35. The van der Waals surface area contributed by atoms with Crippen molar-refractivity contribution in [1.82, 2.24) is 0 Å². The second-order valence-electron chi connectivity index (χ2n) is 3.67. The van der Waals surface area contributed by atoms with Gasteiger partial charge in [-0.3, -0.25) is 0 Å². The molecule has 0 radical (unpaired) electrons. The topological polar surface area (TPSA) is 23.8 Å². The highest BCUT2D eigenvalue weighted by atomic mass is 19.1. The molecule has 14 heavy (non-hydrogen) atoms. The van der Waals surface area contributed by atoms with Crippen molar-refractivity contribution in [3.05, 3.63) is 35.4 Å². The normalized spacial score (nSPS) is 18.4. The molecule has 0 bridgehead atoms. The maximum absolute atomic E-state index is 13.4. The Balaban J connectivity index is 2.50. The van der Waals surface area contributed by atoms with Crippen molar-refractivity contribution >= 4 is 0 Å². The van der Waals surface area contributed by atoms with E-state index in [2.05, 4.69) is 6.07 Å². The molecule has 0 amide bonds. The molecule has 0 N–H and O–H groups in total. The smallest absolute Gasteiger partial charge is 0.128 e. The van der Waals surface area contributed by atoms with E-state index in [9.17, 15) is 8.78 Å². The summed E-state index contributed by atoms with van der Waals surface area (Å²) in [6.45, 7) is 0. The minimum absolute atomic E-state index is 0.214. The van der Waals surface area contributed by atoms with E-state index in [0.717, 1.165) is 24.6 Å². The van der Waals surface area contributed by atoms with Crippen molar-refractivity contribution in [1.29, 1.82) is 5.26 Å². The van der Waals surface area contributed by atoms with Gasteiger partial charge in [-0.1, -0.05) is 0 Å². The summed E-state index contributed by atoms with van der Waals surface area (Å²) in [4.78, 5) is 0. The molecule has 1 aromatic carbocycles. The lowest BCUT2D eigenvalue weighted by atomic mass is 9.65. The van der Waals surface area contributed by atoms with E-state index in [1.165, 1.54) is 0 Å². The third kappa shape index (κ3) is 1.19. The van der Waals surface area contributed by atoms with Gasteiger partial charge in [0.05, 0.1) is 11.5 Å². The number of halogens is 2. The molecule has 72 valence electrons. The molecule has 1 nitrogen and oxygen atoms in total. The number of benzene rings is 1. The van der Waals surface area contributed by atoms with E-state index in [0.29, 0.717) is 12.8 Å². The fraction of sp³-hybridized carbons (Fsp3) is 0.364. The average Bonchev–Trinajstić information content (AvgIpc) is 2.10. The molecule has 1 saturated carbocycles. The molecule has 1 aromatic rings. The molecule has 1 aliphatic rings. The summed E-state index contributed by atoms with van der Waals surface area (Å²) >= 11 is 0. The van der Waals surface area contributed by atoms with Crippen LogP contribution in [-0.2, 0) is 5.41 Å². The first-order chi connectivity index (χ1) is 6.68. The molecular formula is C11H9F2N. The first kappa shape index (κ1) is 9.14. The van der Waals surface area contributed by atoms with Crippen molar-refractivity contribution in [2.45, 2.75) is 24.7 Å². The number of rotatable bonds is 1. The van der Waals surface area contributed by atoms with Gasteiger partial charge in [-0.2, -0.15) is 5.26 Å². The van der Waals surface area contributed by atoms with E-state index in [-0.39, 0.29) is 5.56 Å². The van der Waals surface area contributed by atoms with Crippen LogP contribution in [0.1, 0.15) is 24.8 Å². The standard InChI is InChI=1S/C11H9F2N/c12-8-2-3-10(13)9(6-8)11(7-14)4-1-5-11/h2-3,6H,1,4-5H2. The molecular weight excluding hydrogens is 184 g/mol. The average molecular weight is 193 g/mol. The van der Waals surface area contributed by atoms with Crippen molar-refractivity contribution in [2.75, 3.05) is 0 Å². The number of nitrogens with zero attached hydrogens (tertiary/aromatic N) is 1. The summed E-state index contributed by atoms with van der Waals surface area (Å²) in [5, 5.41) is 8.97. The molecule has 3 heteroatoms. The summed E-state index contributed by atoms with van der Waals surface area (Å²) < 4.78 is 26.3. The second kappa shape index (κ2) is 3.06. The van der Waals surface area contributed by atoms with Crippen LogP contribution in [0.25, 0.3) is 0 Å². The Labute approximate surface area is 81.0 Å². The molecule has 2 rings (SSSR count). The molecule has 0 unspecified atom stereocenters. The van der Waals surface area contributed by atoms with Crippen LogP contribution in [-0.4, -0.2) is 0 Å². The van der Waals surface area contributed by atoms with Gasteiger partial charge in [0.1, 0.15) is 11.6 Å². The monoisotopic (exact) mass is 193 g/mol. The van der Waals surface area contributed by atoms with Gasteiger partial charge in [0.25, 0.3) is 0 Å². The molecule has 1 aliphatic carbocycles. The van der Waals surface area contributed by atoms with E-state index in [1.54, 1.807) is 0 Å². The SMILES string of the molecule is N#CC1(c2cc(F)ccc2F)CCC1. The van der Waals surface area contributed by atoms with Crippen LogP contribution in [0.5, 0.6) is 0 Å². The molecule has 0 aromatic heterocycles. The third-order valence-corrected chi connectivity index (χ3v) is 2.87. The summed E-state index contributed by atoms with van der Waals surface area (Å²) in [6, 6.07) is 5.39. The Morgan fingerprint density at radius 1 is 1.29 bits per heavy atom. The zero-order valence-corrected chi connectivity index (χ0v) is 7.56. The van der Waals surface area contributed by atoms with Crippen molar-refractivity contribution in [2.24, 2.45) is 0 Å². The van der Waals surface area contributed by atoms with Crippen LogP contribution in [0.2, 0.25) is 0 Å². The van der Waals surface area contributed by atoms with Crippen LogP contribution < -0.4 is 0 Å². The fourth-order valence-corrected chi connectivity index (χ4v) is 1.84.